The van der Waals surface area contributed by atoms with Gasteiger partial charge < -0.3 is 4.74 Å². The monoisotopic (exact) mass is 288 g/mol. The van der Waals surface area contributed by atoms with Gasteiger partial charge in [0.1, 0.15) is 0 Å². The fourth-order valence-electron chi connectivity index (χ4n) is 3.13. The van der Waals surface area contributed by atoms with Crippen molar-refractivity contribution < 1.29 is 9.53 Å². The lowest BCUT2D eigenvalue weighted by Crippen LogP contribution is -2.19. The van der Waals surface area contributed by atoms with Crippen molar-refractivity contribution in [1.29, 1.82) is 0 Å². The fraction of sp³-hybridized carbons (Fsp3) is 0.632. The smallest absolute Gasteiger partial charge is 0.306 e. The van der Waals surface area contributed by atoms with Crippen LogP contribution in [0.4, 0.5) is 0 Å². The molecule has 2 rings (SSSR count). The number of esters is 1. The molecule has 0 bridgehead atoms. The molecule has 116 valence electrons. The van der Waals surface area contributed by atoms with E-state index in [-0.39, 0.29) is 5.97 Å². The van der Waals surface area contributed by atoms with E-state index >= 15 is 0 Å². The molecule has 0 radical (unpaired) electrons. The van der Waals surface area contributed by atoms with Crippen molar-refractivity contribution in [2.24, 2.45) is 5.92 Å². The van der Waals surface area contributed by atoms with E-state index in [4.69, 9.17) is 4.74 Å². The Balaban J connectivity index is 1.63. The Morgan fingerprint density at radius 2 is 1.90 bits per heavy atom. The molecule has 0 saturated heterocycles. The predicted molar refractivity (Wildman–Crippen MR) is 86.3 cm³/mol. The van der Waals surface area contributed by atoms with Crippen LogP contribution in [0.1, 0.15) is 63.0 Å². The summed E-state index contributed by atoms with van der Waals surface area (Å²) in [4.78, 5) is 11.9. The maximum absolute atomic E-state index is 11.9. The summed E-state index contributed by atoms with van der Waals surface area (Å²) in [6.45, 7) is 2.81. The Morgan fingerprint density at radius 3 is 2.71 bits per heavy atom. The molecule has 1 aromatic rings. The van der Waals surface area contributed by atoms with Gasteiger partial charge in [-0.2, -0.15) is 0 Å². The second kappa shape index (κ2) is 8.86. The minimum absolute atomic E-state index is 0.00475. The lowest BCUT2D eigenvalue weighted by molar-refractivity contribution is -0.145. The van der Waals surface area contributed by atoms with Gasteiger partial charge in [-0.15, -0.1) is 0 Å². The van der Waals surface area contributed by atoms with Crippen LogP contribution in [0.5, 0.6) is 0 Å². The highest BCUT2D eigenvalue weighted by molar-refractivity contribution is 5.69. The maximum atomic E-state index is 11.9. The zero-order chi connectivity index (χ0) is 14.9. The van der Waals surface area contributed by atoms with E-state index in [0.29, 0.717) is 18.9 Å². The largest absolute Gasteiger partial charge is 0.466 e. The highest BCUT2D eigenvalue weighted by Gasteiger charge is 2.21. The lowest BCUT2D eigenvalue weighted by atomic mass is 9.82. The Hall–Kier alpha value is -1.31. The minimum Gasteiger partial charge on any atom is -0.466 e. The lowest BCUT2D eigenvalue weighted by Gasteiger charge is -2.23. The van der Waals surface area contributed by atoms with Gasteiger partial charge in [-0.1, -0.05) is 56.9 Å². The van der Waals surface area contributed by atoms with E-state index in [9.17, 15) is 4.79 Å². The van der Waals surface area contributed by atoms with Crippen LogP contribution in [0.25, 0.3) is 0 Å². The number of benzene rings is 1. The highest BCUT2D eigenvalue weighted by Crippen LogP contribution is 2.27. The van der Waals surface area contributed by atoms with E-state index in [2.05, 4.69) is 31.2 Å². The van der Waals surface area contributed by atoms with E-state index in [0.717, 1.165) is 25.7 Å². The number of aryl methyl sites for hydroxylation is 1. The molecule has 0 fully saturated rings. The summed E-state index contributed by atoms with van der Waals surface area (Å²) in [7, 11) is 0. The minimum atomic E-state index is -0.00475. The van der Waals surface area contributed by atoms with Crippen LogP contribution in [0.3, 0.4) is 0 Å². The molecule has 1 unspecified atom stereocenters. The van der Waals surface area contributed by atoms with Gasteiger partial charge in [0.2, 0.25) is 0 Å². The number of hydrogen-bond donors (Lipinski definition) is 0. The third kappa shape index (κ3) is 5.53. The fourth-order valence-corrected chi connectivity index (χ4v) is 3.13. The number of fused-ring (bicyclic) bond motifs is 1. The average molecular weight is 288 g/mol. The molecule has 2 nitrogen and oxygen atoms in total. The van der Waals surface area contributed by atoms with Gasteiger partial charge in [0, 0.05) is 6.42 Å². The van der Waals surface area contributed by atoms with Gasteiger partial charge in [-0.3, -0.25) is 4.79 Å². The van der Waals surface area contributed by atoms with Gasteiger partial charge >= 0.3 is 5.97 Å². The normalized spacial score (nSPS) is 17.3. The average Bonchev–Trinajstić information content (AvgIpc) is 2.50. The number of ether oxygens (including phenoxy) is 1. The molecule has 0 heterocycles. The third-order valence-corrected chi connectivity index (χ3v) is 4.42. The molecule has 21 heavy (non-hydrogen) atoms. The van der Waals surface area contributed by atoms with Crippen LogP contribution in [-0.2, 0) is 22.4 Å². The van der Waals surface area contributed by atoms with Crippen molar-refractivity contribution in [2.75, 3.05) is 6.61 Å². The van der Waals surface area contributed by atoms with Crippen molar-refractivity contribution in [3.8, 4) is 0 Å². The molecular formula is C19H28O2. The number of carbonyl (C=O) groups excluding carboxylic acids is 1. The Bertz CT molecular complexity index is 439. The van der Waals surface area contributed by atoms with Crippen molar-refractivity contribution >= 4 is 5.97 Å². The molecule has 1 aliphatic carbocycles. The summed E-state index contributed by atoms with van der Waals surface area (Å²) in [5, 5.41) is 0. The second-order valence-corrected chi connectivity index (χ2v) is 6.22. The number of carbonyl (C=O) groups is 1. The van der Waals surface area contributed by atoms with E-state index in [1.165, 1.54) is 36.8 Å². The molecule has 1 aromatic carbocycles. The number of unbranched alkanes of at least 4 members (excludes halogenated alkanes) is 4. The maximum Gasteiger partial charge on any atom is 0.306 e. The number of hydrogen-bond acceptors (Lipinski definition) is 2. The summed E-state index contributed by atoms with van der Waals surface area (Å²) in [5.74, 6) is 0.461. The van der Waals surface area contributed by atoms with Gasteiger partial charge in [0.15, 0.2) is 0 Å². The molecule has 0 saturated carbocycles. The molecule has 0 amide bonds. The summed E-state index contributed by atoms with van der Waals surface area (Å²) >= 11 is 0. The zero-order valence-electron chi connectivity index (χ0n) is 13.3. The molecule has 0 spiro atoms. The molecule has 1 aliphatic rings. The van der Waals surface area contributed by atoms with Crippen LogP contribution in [-0.4, -0.2) is 12.6 Å². The van der Waals surface area contributed by atoms with E-state index in [1.807, 2.05) is 0 Å². The van der Waals surface area contributed by atoms with Crippen molar-refractivity contribution in [3.63, 3.8) is 0 Å². The molecule has 2 heteroatoms. The first-order valence-corrected chi connectivity index (χ1v) is 8.52. The van der Waals surface area contributed by atoms with Gasteiger partial charge in [-0.25, -0.2) is 0 Å². The zero-order valence-corrected chi connectivity index (χ0v) is 13.3. The topological polar surface area (TPSA) is 26.3 Å². The third-order valence-electron chi connectivity index (χ3n) is 4.42. The first-order valence-electron chi connectivity index (χ1n) is 8.52. The van der Waals surface area contributed by atoms with Crippen LogP contribution in [0.15, 0.2) is 24.3 Å². The van der Waals surface area contributed by atoms with Gasteiger partial charge in [0.25, 0.3) is 0 Å². The molecule has 0 aromatic heterocycles. The Morgan fingerprint density at radius 1 is 1.14 bits per heavy atom. The molecule has 1 atom stereocenters. The second-order valence-electron chi connectivity index (χ2n) is 6.22. The van der Waals surface area contributed by atoms with Gasteiger partial charge in [0.05, 0.1) is 6.61 Å². The number of rotatable bonds is 8. The van der Waals surface area contributed by atoms with E-state index < -0.39 is 0 Å². The summed E-state index contributed by atoms with van der Waals surface area (Å²) in [5.41, 5.74) is 2.87. The SMILES string of the molecule is CCCCCCCOC(=O)CC1CCc2ccccc2C1. The van der Waals surface area contributed by atoms with E-state index in [1.54, 1.807) is 0 Å². The van der Waals surface area contributed by atoms with Crippen molar-refractivity contribution in [2.45, 2.75) is 64.7 Å². The quantitative estimate of drug-likeness (QED) is 0.512. The van der Waals surface area contributed by atoms with Crippen LogP contribution >= 0.6 is 0 Å². The van der Waals surface area contributed by atoms with Crippen molar-refractivity contribution in [3.05, 3.63) is 35.4 Å². The molecule has 0 aliphatic heterocycles. The molecular weight excluding hydrogens is 260 g/mol. The van der Waals surface area contributed by atoms with Crippen LogP contribution < -0.4 is 0 Å². The van der Waals surface area contributed by atoms with Crippen LogP contribution in [0, 0.1) is 5.92 Å². The summed E-state index contributed by atoms with van der Waals surface area (Å²) < 4.78 is 5.37. The standard InChI is InChI=1S/C19H28O2/c1-2-3-4-5-8-13-21-19(20)15-16-11-12-17-9-6-7-10-18(17)14-16/h6-7,9-10,16H,2-5,8,11-15H2,1H3. The Kier molecular flexibility index (Phi) is 6.78. The Labute approximate surface area is 128 Å². The first-order chi connectivity index (χ1) is 10.3. The first kappa shape index (κ1) is 16.1. The molecule has 0 N–H and O–H groups in total. The highest BCUT2D eigenvalue weighted by atomic mass is 16.5. The van der Waals surface area contributed by atoms with Crippen LogP contribution in [0.2, 0.25) is 0 Å². The summed E-state index contributed by atoms with van der Waals surface area (Å²) in [6, 6.07) is 8.60. The van der Waals surface area contributed by atoms with Gasteiger partial charge in [-0.05, 0) is 42.7 Å². The van der Waals surface area contributed by atoms with Crippen molar-refractivity contribution in [1.82, 2.24) is 0 Å². The summed E-state index contributed by atoms with van der Waals surface area (Å²) in [6.07, 6.45) is 9.82. The predicted octanol–water partition coefficient (Wildman–Crippen LogP) is 4.70.